The summed E-state index contributed by atoms with van der Waals surface area (Å²) in [5.41, 5.74) is 9.04. The number of benzene rings is 2. The molecule has 0 aromatic heterocycles. The fraction of sp³-hybridized carbons (Fsp3) is 0.263. The first-order chi connectivity index (χ1) is 11.5. The van der Waals surface area contributed by atoms with Crippen molar-refractivity contribution in [3.05, 3.63) is 65.2 Å². The number of nitrogens with one attached hydrogen (secondary N) is 2. The summed E-state index contributed by atoms with van der Waals surface area (Å²) in [6.07, 6.45) is 0.175. The van der Waals surface area contributed by atoms with Gasteiger partial charge in [0.15, 0.2) is 0 Å². The van der Waals surface area contributed by atoms with Gasteiger partial charge in [0.05, 0.1) is 0 Å². The number of aryl methyl sites for hydroxylation is 1. The number of rotatable bonds is 6. The molecule has 4 N–H and O–H groups in total. The number of hydrogen-bond donors (Lipinski definition) is 3. The second-order valence-electron chi connectivity index (χ2n) is 5.66. The van der Waals surface area contributed by atoms with Crippen LogP contribution < -0.4 is 16.4 Å². The van der Waals surface area contributed by atoms with Crippen LogP contribution in [0.2, 0.25) is 0 Å². The van der Waals surface area contributed by atoms with Crippen LogP contribution in [0, 0.1) is 6.92 Å². The standard InChI is InChI=1S/C19H23N3O2/c1-3-21-19(24)15-10-9-13(2)17(11-15)22-18(23)12-16(20)14-7-5-4-6-8-14/h4-11,16H,3,12,20H2,1-2H3,(H,21,24)(H,22,23). The van der Waals surface area contributed by atoms with Crippen molar-refractivity contribution in [3.8, 4) is 0 Å². The lowest BCUT2D eigenvalue weighted by molar-refractivity contribution is -0.116. The molecule has 0 saturated heterocycles. The molecule has 24 heavy (non-hydrogen) atoms. The lowest BCUT2D eigenvalue weighted by Crippen LogP contribution is -2.23. The average molecular weight is 325 g/mol. The van der Waals surface area contributed by atoms with Crippen LogP contribution in [0.15, 0.2) is 48.5 Å². The van der Waals surface area contributed by atoms with Crippen LogP contribution >= 0.6 is 0 Å². The number of carbonyl (C=O) groups is 2. The van der Waals surface area contributed by atoms with E-state index < -0.39 is 0 Å². The highest BCUT2D eigenvalue weighted by molar-refractivity contribution is 5.97. The summed E-state index contributed by atoms with van der Waals surface area (Å²) in [5.74, 6) is -0.337. The molecule has 0 aliphatic heterocycles. The van der Waals surface area contributed by atoms with Gasteiger partial charge < -0.3 is 16.4 Å². The zero-order valence-corrected chi connectivity index (χ0v) is 14.0. The molecule has 2 aromatic carbocycles. The van der Waals surface area contributed by atoms with Crippen LogP contribution in [-0.4, -0.2) is 18.4 Å². The van der Waals surface area contributed by atoms with E-state index in [1.165, 1.54) is 0 Å². The molecule has 0 saturated carbocycles. The fourth-order valence-corrected chi connectivity index (χ4v) is 2.38. The Hall–Kier alpha value is -2.66. The van der Waals surface area contributed by atoms with Crippen molar-refractivity contribution in [1.29, 1.82) is 0 Å². The third kappa shape index (κ3) is 4.67. The highest BCUT2D eigenvalue weighted by Gasteiger charge is 2.13. The van der Waals surface area contributed by atoms with Crippen LogP contribution in [0.4, 0.5) is 5.69 Å². The molecule has 0 spiro atoms. The Morgan fingerprint density at radius 2 is 1.83 bits per heavy atom. The molecule has 1 unspecified atom stereocenters. The minimum absolute atomic E-state index is 0.158. The smallest absolute Gasteiger partial charge is 0.251 e. The van der Waals surface area contributed by atoms with Gasteiger partial charge in [-0.15, -0.1) is 0 Å². The minimum atomic E-state index is -0.363. The molecule has 0 heterocycles. The fourth-order valence-electron chi connectivity index (χ4n) is 2.38. The van der Waals surface area contributed by atoms with Crippen LogP contribution in [-0.2, 0) is 4.79 Å². The highest BCUT2D eigenvalue weighted by Crippen LogP contribution is 2.19. The van der Waals surface area contributed by atoms with E-state index in [0.717, 1.165) is 11.1 Å². The van der Waals surface area contributed by atoms with E-state index in [2.05, 4.69) is 10.6 Å². The van der Waals surface area contributed by atoms with E-state index in [4.69, 9.17) is 5.73 Å². The minimum Gasteiger partial charge on any atom is -0.352 e. The van der Waals surface area contributed by atoms with Gasteiger partial charge in [-0.05, 0) is 37.1 Å². The van der Waals surface area contributed by atoms with Gasteiger partial charge in [0.25, 0.3) is 5.91 Å². The van der Waals surface area contributed by atoms with E-state index in [0.29, 0.717) is 17.8 Å². The average Bonchev–Trinajstić information content (AvgIpc) is 2.57. The maximum absolute atomic E-state index is 12.3. The summed E-state index contributed by atoms with van der Waals surface area (Å²) in [4.78, 5) is 24.2. The van der Waals surface area contributed by atoms with Crippen molar-refractivity contribution < 1.29 is 9.59 Å². The van der Waals surface area contributed by atoms with Crippen LogP contribution in [0.3, 0.4) is 0 Å². The Bertz CT molecular complexity index is 714. The van der Waals surface area contributed by atoms with Crippen LogP contribution in [0.1, 0.15) is 40.9 Å². The molecule has 0 radical (unpaired) electrons. The van der Waals surface area contributed by atoms with Crippen molar-refractivity contribution in [2.24, 2.45) is 5.73 Å². The van der Waals surface area contributed by atoms with Gasteiger partial charge in [0.1, 0.15) is 0 Å². The first kappa shape index (κ1) is 17.7. The lowest BCUT2D eigenvalue weighted by atomic mass is 10.0. The highest BCUT2D eigenvalue weighted by atomic mass is 16.2. The Morgan fingerprint density at radius 3 is 2.50 bits per heavy atom. The number of carbonyl (C=O) groups excluding carboxylic acids is 2. The van der Waals surface area contributed by atoms with Gasteiger partial charge in [0, 0.05) is 30.3 Å². The first-order valence-corrected chi connectivity index (χ1v) is 8.00. The van der Waals surface area contributed by atoms with E-state index in [1.54, 1.807) is 12.1 Å². The number of amides is 2. The predicted molar refractivity (Wildman–Crippen MR) is 95.8 cm³/mol. The van der Waals surface area contributed by atoms with Crippen molar-refractivity contribution in [2.75, 3.05) is 11.9 Å². The molecule has 5 heteroatoms. The summed E-state index contributed by atoms with van der Waals surface area (Å²) in [6.45, 7) is 4.30. The quantitative estimate of drug-likeness (QED) is 0.763. The van der Waals surface area contributed by atoms with Crippen molar-refractivity contribution in [2.45, 2.75) is 26.3 Å². The first-order valence-electron chi connectivity index (χ1n) is 8.00. The molecule has 2 aromatic rings. The number of nitrogens with two attached hydrogens (primary N) is 1. The number of hydrogen-bond acceptors (Lipinski definition) is 3. The molecule has 1 atom stereocenters. The molecule has 0 aliphatic rings. The Kier molecular flexibility index (Phi) is 6.09. The van der Waals surface area contributed by atoms with Gasteiger partial charge in [0.2, 0.25) is 5.91 Å². The summed E-state index contributed by atoms with van der Waals surface area (Å²) in [6, 6.07) is 14.4. The van der Waals surface area contributed by atoms with E-state index in [9.17, 15) is 9.59 Å². The van der Waals surface area contributed by atoms with E-state index >= 15 is 0 Å². The monoisotopic (exact) mass is 325 g/mol. The van der Waals surface area contributed by atoms with E-state index in [1.807, 2.05) is 50.2 Å². The summed E-state index contributed by atoms with van der Waals surface area (Å²) in [7, 11) is 0. The molecule has 0 fully saturated rings. The second kappa shape index (κ2) is 8.26. The third-order valence-electron chi connectivity index (χ3n) is 3.74. The third-order valence-corrected chi connectivity index (χ3v) is 3.74. The zero-order valence-electron chi connectivity index (χ0n) is 14.0. The van der Waals surface area contributed by atoms with Gasteiger partial charge in [-0.2, -0.15) is 0 Å². The summed E-state index contributed by atoms with van der Waals surface area (Å²) >= 11 is 0. The van der Waals surface area contributed by atoms with Gasteiger partial charge in [-0.25, -0.2) is 0 Å². The maximum Gasteiger partial charge on any atom is 0.251 e. The van der Waals surface area contributed by atoms with E-state index in [-0.39, 0.29) is 24.3 Å². The predicted octanol–water partition coefficient (Wildman–Crippen LogP) is 2.77. The van der Waals surface area contributed by atoms with Gasteiger partial charge in [-0.3, -0.25) is 9.59 Å². The second-order valence-corrected chi connectivity index (χ2v) is 5.66. The zero-order chi connectivity index (χ0) is 17.5. The summed E-state index contributed by atoms with van der Waals surface area (Å²) in [5, 5.41) is 5.59. The van der Waals surface area contributed by atoms with Crippen LogP contribution in [0.25, 0.3) is 0 Å². The van der Waals surface area contributed by atoms with Crippen molar-refractivity contribution in [3.63, 3.8) is 0 Å². The van der Waals surface area contributed by atoms with Crippen LogP contribution in [0.5, 0.6) is 0 Å². The van der Waals surface area contributed by atoms with Gasteiger partial charge >= 0.3 is 0 Å². The van der Waals surface area contributed by atoms with Crippen molar-refractivity contribution >= 4 is 17.5 Å². The molecule has 2 amide bonds. The largest absolute Gasteiger partial charge is 0.352 e. The Balaban J connectivity index is 2.05. The molecule has 126 valence electrons. The number of anilines is 1. The molecule has 5 nitrogen and oxygen atoms in total. The molecule has 2 rings (SSSR count). The van der Waals surface area contributed by atoms with Gasteiger partial charge in [-0.1, -0.05) is 36.4 Å². The molecule has 0 aliphatic carbocycles. The summed E-state index contributed by atoms with van der Waals surface area (Å²) < 4.78 is 0. The Labute approximate surface area is 142 Å². The molecule has 0 bridgehead atoms. The molecular formula is C19H23N3O2. The topological polar surface area (TPSA) is 84.2 Å². The normalized spacial score (nSPS) is 11.6. The Morgan fingerprint density at radius 1 is 1.12 bits per heavy atom. The lowest BCUT2D eigenvalue weighted by Gasteiger charge is -2.14. The molecular weight excluding hydrogens is 302 g/mol. The van der Waals surface area contributed by atoms with Crippen molar-refractivity contribution in [1.82, 2.24) is 5.32 Å². The maximum atomic E-state index is 12.3. The SMILES string of the molecule is CCNC(=O)c1ccc(C)c(NC(=O)CC(N)c2ccccc2)c1.